The van der Waals surface area contributed by atoms with Gasteiger partial charge in [-0.1, -0.05) is 60.7 Å². The first-order chi connectivity index (χ1) is 13.0. The molecular weight excluding hydrogens is 344 g/mol. The van der Waals surface area contributed by atoms with E-state index in [2.05, 4.69) is 5.32 Å². The van der Waals surface area contributed by atoms with Crippen LogP contribution in [0, 0.1) is 5.21 Å². The number of nitrogens with one attached hydrogen (secondary N) is 1. The normalized spacial score (nSPS) is 25.1. The maximum Gasteiger partial charge on any atom is 0.365 e. The standard InChI is InChI=1S/C21H24N2O4/c1-15(24)22-18-14-23(26,20(18)17-11-7-4-8-12-17)19(21(25)27-2)13-16-9-5-3-6-10-16/h3-12,18-20H,13-14H2,1-2H3,(H,22,24). The molecule has 6 heteroatoms. The molecule has 4 unspecified atom stereocenters. The Labute approximate surface area is 158 Å². The number of amides is 1. The van der Waals surface area contributed by atoms with Gasteiger partial charge in [-0.15, -0.1) is 0 Å². The van der Waals surface area contributed by atoms with Crippen molar-refractivity contribution < 1.29 is 19.0 Å². The van der Waals surface area contributed by atoms with Gasteiger partial charge in [0.15, 0.2) is 6.04 Å². The van der Waals surface area contributed by atoms with Crippen LogP contribution >= 0.6 is 0 Å². The highest BCUT2D eigenvalue weighted by Gasteiger charge is 2.56. The van der Waals surface area contributed by atoms with E-state index in [0.717, 1.165) is 11.1 Å². The zero-order valence-electron chi connectivity index (χ0n) is 15.5. The average molecular weight is 368 g/mol. The monoisotopic (exact) mass is 368 g/mol. The maximum atomic E-state index is 13.9. The van der Waals surface area contributed by atoms with Crippen molar-refractivity contribution in [2.45, 2.75) is 31.5 Å². The molecule has 6 nitrogen and oxygen atoms in total. The fourth-order valence-corrected chi connectivity index (χ4v) is 3.92. The molecule has 0 saturated carbocycles. The van der Waals surface area contributed by atoms with Gasteiger partial charge < -0.3 is 19.9 Å². The maximum absolute atomic E-state index is 13.9. The van der Waals surface area contributed by atoms with Gasteiger partial charge in [-0.2, -0.15) is 0 Å². The molecule has 1 fully saturated rings. The third-order valence-electron chi connectivity index (χ3n) is 5.14. The van der Waals surface area contributed by atoms with Crippen molar-refractivity contribution in [1.82, 2.24) is 5.32 Å². The van der Waals surface area contributed by atoms with Gasteiger partial charge in [0, 0.05) is 18.9 Å². The first-order valence-corrected chi connectivity index (χ1v) is 8.98. The second kappa shape index (κ2) is 7.90. The van der Waals surface area contributed by atoms with E-state index in [-0.39, 0.29) is 24.9 Å². The number of methoxy groups -OCH3 is 1. The highest BCUT2D eigenvalue weighted by molar-refractivity contribution is 5.75. The minimum absolute atomic E-state index is 0.131. The first kappa shape index (κ1) is 19.1. The lowest BCUT2D eigenvalue weighted by Gasteiger charge is -2.63. The van der Waals surface area contributed by atoms with E-state index in [1.807, 2.05) is 60.7 Å². The first-order valence-electron chi connectivity index (χ1n) is 8.98. The van der Waals surface area contributed by atoms with Gasteiger partial charge in [-0.25, -0.2) is 4.79 Å². The Kier molecular flexibility index (Phi) is 5.58. The summed E-state index contributed by atoms with van der Waals surface area (Å²) in [6.07, 6.45) is 0.285. The van der Waals surface area contributed by atoms with Crippen molar-refractivity contribution >= 4 is 11.9 Å². The summed E-state index contributed by atoms with van der Waals surface area (Å²) in [4.78, 5) is 24.1. The van der Waals surface area contributed by atoms with Crippen LogP contribution < -0.4 is 5.32 Å². The molecule has 1 aliphatic heterocycles. The van der Waals surface area contributed by atoms with Gasteiger partial charge in [0.25, 0.3) is 0 Å². The minimum Gasteiger partial charge on any atom is -0.632 e. The Morgan fingerprint density at radius 3 is 2.30 bits per heavy atom. The van der Waals surface area contributed by atoms with Gasteiger partial charge in [0.2, 0.25) is 5.91 Å². The molecule has 1 N–H and O–H groups in total. The number of nitrogens with zero attached hydrogens (tertiary/aromatic N) is 1. The van der Waals surface area contributed by atoms with Crippen LogP contribution in [0.3, 0.4) is 0 Å². The van der Waals surface area contributed by atoms with E-state index in [9.17, 15) is 14.8 Å². The topological polar surface area (TPSA) is 78.5 Å². The molecule has 27 heavy (non-hydrogen) atoms. The average Bonchev–Trinajstić information content (AvgIpc) is 2.66. The van der Waals surface area contributed by atoms with Gasteiger partial charge in [-0.05, 0) is 5.56 Å². The van der Waals surface area contributed by atoms with Crippen LogP contribution in [0.15, 0.2) is 60.7 Å². The van der Waals surface area contributed by atoms with Gasteiger partial charge in [0.1, 0.15) is 18.6 Å². The minimum atomic E-state index is -0.896. The number of ether oxygens (including phenoxy) is 1. The van der Waals surface area contributed by atoms with Crippen LogP contribution in [0.4, 0.5) is 0 Å². The Morgan fingerprint density at radius 1 is 1.15 bits per heavy atom. The molecule has 2 aromatic carbocycles. The Bertz CT molecular complexity index is 796. The molecular formula is C21H24N2O4. The lowest BCUT2D eigenvalue weighted by atomic mass is 9.85. The van der Waals surface area contributed by atoms with Crippen LogP contribution in [0.2, 0.25) is 0 Å². The van der Waals surface area contributed by atoms with Crippen LogP contribution in [0.5, 0.6) is 0 Å². The highest BCUT2D eigenvalue weighted by atomic mass is 16.6. The van der Waals surface area contributed by atoms with Gasteiger partial charge in [0.05, 0.1) is 7.11 Å². The molecule has 1 aliphatic rings. The summed E-state index contributed by atoms with van der Waals surface area (Å²) in [6, 6.07) is 17.0. The van der Waals surface area contributed by atoms with Crippen molar-refractivity contribution in [2.24, 2.45) is 0 Å². The van der Waals surface area contributed by atoms with E-state index in [0.29, 0.717) is 0 Å². The number of hydroxylamine groups is 3. The predicted molar refractivity (Wildman–Crippen MR) is 101 cm³/mol. The molecule has 0 spiro atoms. The molecule has 0 bridgehead atoms. The molecule has 3 rings (SSSR count). The number of hydrogen-bond donors (Lipinski definition) is 1. The van der Waals surface area contributed by atoms with Gasteiger partial charge in [-0.3, -0.25) is 4.79 Å². The quantitative estimate of drug-likeness (QED) is 0.482. The molecule has 1 saturated heterocycles. The zero-order valence-corrected chi connectivity index (χ0v) is 15.5. The lowest BCUT2D eigenvalue weighted by Crippen LogP contribution is -2.74. The summed E-state index contributed by atoms with van der Waals surface area (Å²) >= 11 is 0. The predicted octanol–water partition coefficient (Wildman–Crippen LogP) is 2.34. The Morgan fingerprint density at radius 2 is 1.74 bits per heavy atom. The fourth-order valence-electron chi connectivity index (χ4n) is 3.92. The number of quaternary nitrogens is 1. The summed E-state index contributed by atoms with van der Waals surface area (Å²) in [6.45, 7) is 1.56. The second-order valence-corrected chi connectivity index (χ2v) is 6.93. The van der Waals surface area contributed by atoms with Crippen molar-refractivity contribution in [1.29, 1.82) is 0 Å². The van der Waals surface area contributed by atoms with E-state index in [1.54, 1.807) is 0 Å². The molecule has 1 heterocycles. The number of benzene rings is 2. The third-order valence-corrected chi connectivity index (χ3v) is 5.14. The number of rotatable bonds is 6. The van der Waals surface area contributed by atoms with Crippen LogP contribution in [0.25, 0.3) is 0 Å². The lowest BCUT2D eigenvalue weighted by molar-refractivity contribution is -0.970. The number of likely N-dealkylation sites (tertiary alicyclic amines) is 1. The van der Waals surface area contributed by atoms with Crippen molar-refractivity contribution in [3.63, 3.8) is 0 Å². The summed E-state index contributed by atoms with van der Waals surface area (Å²) in [5, 5.41) is 16.7. The number of carbonyl (C=O) groups is 2. The Balaban J connectivity index is 1.95. The summed E-state index contributed by atoms with van der Waals surface area (Å²) in [5.41, 5.74) is 1.70. The molecule has 142 valence electrons. The third kappa shape index (κ3) is 3.86. The van der Waals surface area contributed by atoms with Crippen LogP contribution in [-0.2, 0) is 20.7 Å². The van der Waals surface area contributed by atoms with Gasteiger partial charge >= 0.3 is 5.97 Å². The molecule has 2 aromatic rings. The second-order valence-electron chi connectivity index (χ2n) is 6.93. The highest BCUT2D eigenvalue weighted by Crippen LogP contribution is 2.44. The number of hydrogen-bond acceptors (Lipinski definition) is 4. The molecule has 4 atom stereocenters. The molecule has 0 aromatic heterocycles. The largest absolute Gasteiger partial charge is 0.632 e. The van der Waals surface area contributed by atoms with Crippen LogP contribution in [0.1, 0.15) is 24.1 Å². The smallest absolute Gasteiger partial charge is 0.365 e. The van der Waals surface area contributed by atoms with Crippen molar-refractivity contribution in [2.75, 3.05) is 13.7 Å². The summed E-state index contributed by atoms with van der Waals surface area (Å²) in [5.74, 6) is -0.721. The fraction of sp³-hybridized carbons (Fsp3) is 0.333. The van der Waals surface area contributed by atoms with Crippen molar-refractivity contribution in [3.05, 3.63) is 77.0 Å². The summed E-state index contributed by atoms with van der Waals surface area (Å²) in [7, 11) is 1.30. The SMILES string of the molecule is COC(=O)C(Cc1ccccc1)[N+]1([O-])CC(NC(C)=O)C1c1ccccc1. The Hall–Kier alpha value is -2.70. The van der Waals surface area contributed by atoms with E-state index < -0.39 is 22.7 Å². The van der Waals surface area contributed by atoms with E-state index in [4.69, 9.17) is 4.74 Å². The van der Waals surface area contributed by atoms with E-state index >= 15 is 0 Å². The van der Waals surface area contributed by atoms with E-state index in [1.165, 1.54) is 14.0 Å². The number of carbonyl (C=O) groups excluding carboxylic acids is 2. The zero-order chi connectivity index (χ0) is 19.4. The molecule has 1 amide bonds. The molecule has 0 aliphatic carbocycles. The van der Waals surface area contributed by atoms with Crippen LogP contribution in [-0.4, -0.2) is 42.3 Å². The number of esters is 1. The molecule has 0 radical (unpaired) electrons. The summed E-state index contributed by atoms with van der Waals surface area (Å²) < 4.78 is 4.23. The van der Waals surface area contributed by atoms with Crippen molar-refractivity contribution in [3.8, 4) is 0 Å².